The molecule has 1 aromatic carbocycles. The van der Waals surface area contributed by atoms with E-state index in [2.05, 4.69) is 0 Å². The van der Waals surface area contributed by atoms with E-state index in [1.165, 1.54) is 45.8 Å². The third-order valence-electron chi connectivity index (χ3n) is 2.97. The Kier molecular flexibility index (Phi) is 4.27. The fourth-order valence-electron chi connectivity index (χ4n) is 1.97. The lowest BCUT2D eigenvalue weighted by Gasteiger charge is -2.13. The molecule has 0 amide bonds. The van der Waals surface area contributed by atoms with Crippen LogP contribution in [0.2, 0.25) is 0 Å². The highest BCUT2D eigenvalue weighted by Gasteiger charge is 2.21. The zero-order chi connectivity index (χ0) is 15.4. The summed E-state index contributed by atoms with van der Waals surface area (Å²) >= 11 is 0. The normalized spacial score (nSPS) is 10.0. The number of carbonyl (C=O) groups is 2. The van der Waals surface area contributed by atoms with E-state index >= 15 is 0 Å². The average molecular weight is 290 g/mol. The van der Waals surface area contributed by atoms with Crippen molar-refractivity contribution in [3.05, 3.63) is 41.3 Å². The van der Waals surface area contributed by atoms with Crippen LogP contribution in [-0.2, 0) is 0 Å². The fraction of sp³-hybridized carbons (Fsp3) is 0.200. The number of carbonyl (C=O) groups excluding carboxylic acids is 2. The molecule has 0 aliphatic rings. The van der Waals surface area contributed by atoms with Crippen molar-refractivity contribution in [1.29, 1.82) is 0 Å². The van der Waals surface area contributed by atoms with Crippen LogP contribution >= 0.6 is 0 Å². The molecule has 0 bridgehead atoms. The molecular weight excluding hydrogens is 276 g/mol. The Hall–Kier alpha value is -2.76. The molecular formula is C15H14O6. The molecule has 110 valence electrons. The average Bonchev–Trinajstić information content (AvgIpc) is 3.01. The first kappa shape index (κ1) is 14.6. The van der Waals surface area contributed by atoms with Crippen LogP contribution in [-0.4, -0.2) is 33.4 Å². The SMILES string of the molecule is COc1cc(C(=O)c2ccoc2C=O)cc(OC)c1OC. The minimum absolute atomic E-state index is 0.0197. The quantitative estimate of drug-likeness (QED) is 0.600. The van der Waals surface area contributed by atoms with Gasteiger partial charge in [0.2, 0.25) is 5.75 Å². The van der Waals surface area contributed by atoms with E-state index in [0.717, 1.165) is 0 Å². The highest BCUT2D eigenvalue weighted by molar-refractivity contribution is 6.12. The van der Waals surface area contributed by atoms with E-state index in [1.54, 1.807) is 0 Å². The standard InChI is InChI=1S/C15H14O6/c1-18-11-6-9(7-12(19-2)15(11)20-3)14(17)10-4-5-21-13(10)8-16/h4-8H,1-3H3. The topological polar surface area (TPSA) is 75.0 Å². The molecule has 1 heterocycles. The summed E-state index contributed by atoms with van der Waals surface area (Å²) in [6.07, 6.45) is 1.78. The van der Waals surface area contributed by atoms with E-state index in [4.69, 9.17) is 18.6 Å². The molecule has 2 rings (SSSR count). The molecule has 0 radical (unpaired) electrons. The minimum Gasteiger partial charge on any atom is -0.493 e. The number of ketones is 1. The predicted octanol–water partition coefficient (Wildman–Crippen LogP) is 2.35. The largest absolute Gasteiger partial charge is 0.493 e. The van der Waals surface area contributed by atoms with E-state index in [1.807, 2.05) is 0 Å². The summed E-state index contributed by atoms with van der Waals surface area (Å²) in [5.41, 5.74) is 0.480. The molecule has 21 heavy (non-hydrogen) atoms. The van der Waals surface area contributed by atoms with Gasteiger partial charge in [-0.3, -0.25) is 9.59 Å². The van der Waals surface area contributed by atoms with Crippen molar-refractivity contribution >= 4 is 12.1 Å². The molecule has 0 spiro atoms. The minimum atomic E-state index is -0.370. The maximum Gasteiger partial charge on any atom is 0.203 e. The first-order valence-electron chi connectivity index (χ1n) is 6.03. The molecule has 0 saturated carbocycles. The van der Waals surface area contributed by atoms with Gasteiger partial charge in [0, 0.05) is 5.56 Å². The van der Waals surface area contributed by atoms with Crippen LogP contribution in [0.15, 0.2) is 28.9 Å². The maximum absolute atomic E-state index is 12.5. The van der Waals surface area contributed by atoms with Gasteiger partial charge in [-0.2, -0.15) is 0 Å². The molecule has 0 aliphatic carbocycles. The van der Waals surface area contributed by atoms with E-state index in [0.29, 0.717) is 29.1 Å². The number of methoxy groups -OCH3 is 3. The van der Waals surface area contributed by atoms with Crippen LogP contribution in [0, 0.1) is 0 Å². The van der Waals surface area contributed by atoms with E-state index < -0.39 is 0 Å². The molecule has 0 fully saturated rings. The van der Waals surface area contributed by atoms with Gasteiger partial charge in [-0.1, -0.05) is 0 Å². The van der Waals surface area contributed by atoms with Gasteiger partial charge >= 0.3 is 0 Å². The van der Waals surface area contributed by atoms with Crippen LogP contribution in [0.4, 0.5) is 0 Å². The zero-order valence-corrected chi connectivity index (χ0v) is 11.8. The van der Waals surface area contributed by atoms with Crippen molar-refractivity contribution in [1.82, 2.24) is 0 Å². The van der Waals surface area contributed by atoms with Crippen molar-refractivity contribution in [3.63, 3.8) is 0 Å². The second kappa shape index (κ2) is 6.13. The lowest BCUT2D eigenvalue weighted by atomic mass is 10.0. The molecule has 6 heteroatoms. The van der Waals surface area contributed by atoms with Gasteiger partial charge < -0.3 is 18.6 Å². The molecule has 1 aromatic heterocycles. The first-order chi connectivity index (χ1) is 10.2. The van der Waals surface area contributed by atoms with Gasteiger partial charge in [0.1, 0.15) is 0 Å². The lowest BCUT2D eigenvalue weighted by molar-refractivity contribution is 0.102. The summed E-state index contributed by atoms with van der Waals surface area (Å²) in [5, 5.41) is 0. The van der Waals surface area contributed by atoms with Crippen LogP contribution in [0.25, 0.3) is 0 Å². The highest BCUT2D eigenvalue weighted by Crippen LogP contribution is 2.38. The Bertz CT molecular complexity index is 646. The summed E-state index contributed by atoms with van der Waals surface area (Å²) in [5.74, 6) is 0.714. The number of furan rings is 1. The van der Waals surface area contributed by atoms with Crippen molar-refractivity contribution < 1.29 is 28.2 Å². The van der Waals surface area contributed by atoms with Gasteiger partial charge in [-0.15, -0.1) is 0 Å². The molecule has 2 aromatic rings. The van der Waals surface area contributed by atoms with Gasteiger partial charge in [-0.05, 0) is 18.2 Å². The summed E-state index contributed by atoms with van der Waals surface area (Å²) in [4.78, 5) is 23.3. The van der Waals surface area contributed by atoms with Crippen molar-refractivity contribution in [2.75, 3.05) is 21.3 Å². The van der Waals surface area contributed by atoms with Crippen LogP contribution < -0.4 is 14.2 Å². The Morgan fingerprint density at radius 1 is 1.10 bits per heavy atom. The summed E-state index contributed by atoms with van der Waals surface area (Å²) < 4.78 is 20.5. The molecule has 0 aliphatic heterocycles. The number of hydrogen-bond acceptors (Lipinski definition) is 6. The Morgan fingerprint density at radius 3 is 2.19 bits per heavy atom. The summed E-state index contributed by atoms with van der Waals surface area (Å²) in [6.45, 7) is 0. The van der Waals surface area contributed by atoms with Crippen LogP contribution in [0.5, 0.6) is 17.2 Å². The Balaban J connectivity index is 2.54. The molecule has 0 atom stereocenters. The van der Waals surface area contributed by atoms with Crippen molar-refractivity contribution in [2.45, 2.75) is 0 Å². The Labute approximate surface area is 121 Å². The number of rotatable bonds is 6. The monoisotopic (exact) mass is 290 g/mol. The summed E-state index contributed by atoms with van der Waals surface area (Å²) in [7, 11) is 4.39. The lowest BCUT2D eigenvalue weighted by Crippen LogP contribution is -2.05. The second-order valence-corrected chi connectivity index (χ2v) is 4.06. The predicted molar refractivity (Wildman–Crippen MR) is 73.6 cm³/mol. The zero-order valence-electron chi connectivity index (χ0n) is 11.8. The molecule has 0 unspecified atom stereocenters. The van der Waals surface area contributed by atoms with E-state index in [-0.39, 0.29) is 17.1 Å². The molecule has 0 saturated heterocycles. The van der Waals surface area contributed by atoms with Crippen LogP contribution in [0.1, 0.15) is 26.5 Å². The van der Waals surface area contributed by atoms with Gasteiger partial charge in [0.05, 0.1) is 33.2 Å². The van der Waals surface area contributed by atoms with Gasteiger partial charge in [0.25, 0.3) is 0 Å². The number of benzene rings is 1. The maximum atomic E-state index is 12.5. The van der Waals surface area contributed by atoms with Crippen LogP contribution in [0.3, 0.4) is 0 Å². The fourth-order valence-corrected chi connectivity index (χ4v) is 1.97. The third-order valence-corrected chi connectivity index (χ3v) is 2.97. The number of hydrogen-bond donors (Lipinski definition) is 0. The second-order valence-electron chi connectivity index (χ2n) is 4.06. The van der Waals surface area contributed by atoms with Gasteiger partial charge in [0.15, 0.2) is 29.3 Å². The molecule has 0 N–H and O–H groups in total. The first-order valence-corrected chi connectivity index (χ1v) is 6.03. The molecule has 6 nitrogen and oxygen atoms in total. The number of aldehydes is 1. The third kappa shape index (κ3) is 2.60. The summed E-state index contributed by atoms with van der Waals surface area (Å²) in [6, 6.07) is 4.48. The van der Waals surface area contributed by atoms with Crippen molar-refractivity contribution in [2.24, 2.45) is 0 Å². The number of ether oxygens (including phenoxy) is 3. The Morgan fingerprint density at radius 2 is 1.71 bits per heavy atom. The smallest absolute Gasteiger partial charge is 0.203 e. The van der Waals surface area contributed by atoms with Crippen molar-refractivity contribution in [3.8, 4) is 17.2 Å². The van der Waals surface area contributed by atoms with E-state index in [9.17, 15) is 9.59 Å². The van der Waals surface area contributed by atoms with Gasteiger partial charge in [-0.25, -0.2) is 0 Å². The highest BCUT2D eigenvalue weighted by atomic mass is 16.5.